The van der Waals surface area contributed by atoms with Gasteiger partial charge in [-0.05, 0) is 42.5 Å². The standard InChI is InChI=1S/C16H15NO5/c1-20-13-6-4-12(5-7-13)17-15(18)11-22-16(19)9-8-14-3-2-10-21-14/h2-10H,11H2,1H3,(H,17,18)/b9-8+. The Kier molecular flexibility index (Phi) is 5.37. The van der Waals surface area contributed by atoms with Crippen LogP contribution in [0.5, 0.6) is 5.75 Å². The highest BCUT2D eigenvalue weighted by Gasteiger charge is 2.06. The van der Waals surface area contributed by atoms with Gasteiger partial charge in [-0.2, -0.15) is 0 Å². The molecule has 0 aliphatic heterocycles. The maximum absolute atomic E-state index is 11.6. The van der Waals surface area contributed by atoms with Gasteiger partial charge in [0.05, 0.1) is 13.4 Å². The van der Waals surface area contributed by atoms with Gasteiger partial charge >= 0.3 is 5.97 Å². The average Bonchev–Trinajstić information content (AvgIpc) is 3.05. The molecule has 1 heterocycles. The summed E-state index contributed by atoms with van der Waals surface area (Å²) < 4.78 is 14.9. The Balaban J connectivity index is 1.75. The van der Waals surface area contributed by atoms with Crippen molar-refractivity contribution in [1.29, 1.82) is 0 Å². The molecular formula is C16H15NO5. The van der Waals surface area contributed by atoms with E-state index in [1.807, 2.05) is 0 Å². The molecule has 0 fully saturated rings. The number of anilines is 1. The van der Waals surface area contributed by atoms with Crippen LogP contribution in [-0.4, -0.2) is 25.6 Å². The molecule has 0 bridgehead atoms. The molecule has 1 aromatic carbocycles. The first kappa shape index (κ1) is 15.4. The van der Waals surface area contributed by atoms with Crippen molar-refractivity contribution < 1.29 is 23.5 Å². The van der Waals surface area contributed by atoms with E-state index in [0.717, 1.165) is 0 Å². The van der Waals surface area contributed by atoms with Crippen LogP contribution >= 0.6 is 0 Å². The minimum absolute atomic E-state index is 0.368. The van der Waals surface area contributed by atoms with E-state index in [9.17, 15) is 9.59 Å². The van der Waals surface area contributed by atoms with Crippen LogP contribution in [0, 0.1) is 0 Å². The Bertz CT molecular complexity index is 644. The molecule has 114 valence electrons. The Morgan fingerprint density at radius 3 is 2.64 bits per heavy atom. The van der Waals surface area contributed by atoms with Crippen LogP contribution in [-0.2, 0) is 14.3 Å². The summed E-state index contributed by atoms with van der Waals surface area (Å²) in [6, 6.07) is 10.2. The summed E-state index contributed by atoms with van der Waals surface area (Å²) in [7, 11) is 1.56. The molecule has 0 radical (unpaired) electrons. The molecule has 6 nitrogen and oxygen atoms in total. The molecule has 0 aliphatic carbocycles. The minimum Gasteiger partial charge on any atom is -0.497 e. The molecule has 0 atom stereocenters. The summed E-state index contributed by atoms with van der Waals surface area (Å²) in [5, 5.41) is 2.60. The summed E-state index contributed by atoms with van der Waals surface area (Å²) in [6.45, 7) is -0.368. The van der Waals surface area contributed by atoms with Gasteiger partial charge in [0.15, 0.2) is 6.61 Å². The second-order valence-electron chi connectivity index (χ2n) is 4.23. The zero-order valence-electron chi connectivity index (χ0n) is 11.9. The van der Waals surface area contributed by atoms with E-state index in [1.54, 1.807) is 43.5 Å². The van der Waals surface area contributed by atoms with E-state index in [4.69, 9.17) is 13.9 Å². The predicted octanol–water partition coefficient (Wildman–Crippen LogP) is 2.48. The lowest BCUT2D eigenvalue weighted by Crippen LogP contribution is -2.20. The number of carbonyl (C=O) groups is 2. The number of esters is 1. The Morgan fingerprint density at radius 2 is 2.00 bits per heavy atom. The molecule has 2 aromatic rings. The number of ether oxygens (including phenoxy) is 2. The van der Waals surface area contributed by atoms with Crippen molar-refractivity contribution in [1.82, 2.24) is 0 Å². The van der Waals surface area contributed by atoms with Gasteiger partial charge in [0.25, 0.3) is 5.91 Å². The maximum Gasteiger partial charge on any atom is 0.331 e. The van der Waals surface area contributed by atoms with Crippen molar-refractivity contribution in [2.75, 3.05) is 19.0 Å². The van der Waals surface area contributed by atoms with Gasteiger partial charge in [0, 0.05) is 11.8 Å². The van der Waals surface area contributed by atoms with Crippen molar-refractivity contribution in [3.05, 3.63) is 54.5 Å². The SMILES string of the molecule is COc1ccc(NC(=O)COC(=O)/C=C/c2ccco2)cc1. The van der Waals surface area contributed by atoms with Crippen LogP contribution in [0.3, 0.4) is 0 Å². The Hall–Kier alpha value is -3.02. The maximum atomic E-state index is 11.6. The number of amides is 1. The third kappa shape index (κ3) is 4.82. The molecule has 22 heavy (non-hydrogen) atoms. The zero-order chi connectivity index (χ0) is 15.8. The third-order valence-corrected chi connectivity index (χ3v) is 2.65. The van der Waals surface area contributed by atoms with Crippen LogP contribution in [0.1, 0.15) is 5.76 Å². The van der Waals surface area contributed by atoms with E-state index >= 15 is 0 Å². The number of furan rings is 1. The van der Waals surface area contributed by atoms with Gasteiger partial charge in [-0.1, -0.05) is 0 Å². The fourth-order valence-electron chi connectivity index (χ4n) is 1.59. The molecule has 0 aliphatic rings. The lowest BCUT2D eigenvalue weighted by molar-refractivity contribution is -0.142. The largest absolute Gasteiger partial charge is 0.497 e. The first-order valence-electron chi connectivity index (χ1n) is 6.49. The molecule has 1 N–H and O–H groups in total. The molecule has 1 aromatic heterocycles. The van der Waals surface area contributed by atoms with Crippen molar-refractivity contribution in [2.24, 2.45) is 0 Å². The zero-order valence-corrected chi connectivity index (χ0v) is 11.9. The van der Waals surface area contributed by atoms with Crippen molar-refractivity contribution in [3.63, 3.8) is 0 Å². The smallest absolute Gasteiger partial charge is 0.331 e. The first-order valence-corrected chi connectivity index (χ1v) is 6.49. The van der Waals surface area contributed by atoms with Gasteiger partial charge in [-0.15, -0.1) is 0 Å². The normalized spacial score (nSPS) is 10.4. The molecule has 0 unspecified atom stereocenters. The van der Waals surface area contributed by atoms with Crippen molar-refractivity contribution in [2.45, 2.75) is 0 Å². The monoisotopic (exact) mass is 301 g/mol. The number of methoxy groups -OCH3 is 1. The van der Waals surface area contributed by atoms with Crippen molar-refractivity contribution >= 4 is 23.6 Å². The number of benzene rings is 1. The van der Waals surface area contributed by atoms with Crippen LogP contribution in [0.25, 0.3) is 6.08 Å². The third-order valence-electron chi connectivity index (χ3n) is 2.65. The van der Waals surface area contributed by atoms with Gasteiger partial charge in [-0.25, -0.2) is 4.79 Å². The van der Waals surface area contributed by atoms with Crippen LogP contribution in [0.4, 0.5) is 5.69 Å². The second kappa shape index (κ2) is 7.68. The van der Waals surface area contributed by atoms with E-state index in [1.165, 1.54) is 18.4 Å². The fourth-order valence-corrected chi connectivity index (χ4v) is 1.59. The van der Waals surface area contributed by atoms with Gasteiger partial charge < -0.3 is 19.2 Å². The van der Waals surface area contributed by atoms with Crippen LogP contribution in [0.15, 0.2) is 53.2 Å². The minimum atomic E-state index is -0.624. The molecular weight excluding hydrogens is 286 g/mol. The topological polar surface area (TPSA) is 77.8 Å². The summed E-state index contributed by atoms with van der Waals surface area (Å²) in [5.41, 5.74) is 0.591. The van der Waals surface area contributed by atoms with E-state index in [2.05, 4.69) is 5.32 Å². The highest BCUT2D eigenvalue weighted by Crippen LogP contribution is 2.14. The molecule has 0 spiro atoms. The lowest BCUT2D eigenvalue weighted by Gasteiger charge is -2.06. The number of rotatable bonds is 6. The predicted molar refractivity (Wildman–Crippen MR) is 80.3 cm³/mol. The van der Waals surface area contributed by atoms with E-state index < -0.39 is 11.9 Å². The molecule has 0 saturated carbocycles. The average molecular weight is 301 g/mol. The molecule has 6 heteroatoms. The summed E-state index contributed by atoms with van der Waals surface area (Å²) >= 11 is 0. The molecule has 0 saturated heterocycles. The molecule has 2 rings (SSSR count). The van der Waals surface area contributed by atoms with Gasteiger partial charge in [-0.3, -0.25) is 4.79 Å². The Morgan fingerprint density at radius 1 is 1.23 bits per heavy atom. The van der Waals surface area contributed by atoms with Crippen LogP contribution in [0.2, 0.25) is 0 Å². The number of carbonyl (C=O) groups excluding carboxylic acids is 2. The quantitative estimate of drug-likeness (QED) is 0.655. The summed E-state index contributed by atoms with van der Waals surface area (Å²) in [5.74, 6) is 0.165. The number of hydrogen-bond donors (Lipinski definition) is 1. The van der Waals surface area contributed by atoms with Gasteiger partial charge in [0.2, 0.25) is 0 Å². The summed E-state index contributed by atoms with van der Waals surface area (Å²) in [6.07, 6.45) is 4.15. The number of nitrogens with one attached hydrogen (secondary N) is 1. The second-order valence-corrected chi connectivity index (χ2v) is 4.23. The van der Waals surface area contributed by atoms with Crippen molar-refractivity contribution in [3.8, 4) is 5.75 Å². The highest BCUT2D eigenvalue weighted by molar-refractivity contribution is 5.94. The fraction of sp³-hybridized carbons (Fsp3) is 0.125. The van der Waals surface area contributed by atoms with Crippen LogP contribution < -0.4 is 10.1 Å². The Labute approximate surface area is 127 Å². The highest BCUT2D eigenvalue weighted by atomic mass is 16.5. The molecule has 1 amide bonds. The van der Waals surface area contributed by atoms with E-state index in [0.29, 0.717) is 17.2 Å². The summed E-state index contributed by atoms with van der Waals surface area (Å²) in [4.78, 5) is 23.1. The lowest BCUT2D eigenvalue weighted by atomic mass is 10.3. The van der Waals surface area contributed by atoms with Gasteiger partial charge in [0.1, 0.15) is 11.5 Å². The van der Waals surface area contributed by atoms with E-state index in [-0.39, 0.29) is 6.61 Å². The number of hydrogen-bond acceptors (Lipinski definition) is 5. The first-order chi connectivity index (χ1) is 10.7.